The molecular weight excluding hydrogens is 348 g/mol. The van der Waals surface area contributed by atoms with Crippen molar-refractivity contribution in [2.75, 3.05) is 27.9 Å². The molecule has 0 unspecified atom stereocenters. The van der Waals surface area contributed by atoms with Crippen molar-refractivity contribution < 1.29 is 28.5 Å². The van der Waals surface area contributed by atoms with Gasteiger partial charge in [-0.05, 0) is 48.7 Å². The van der Waals surface area contributed by atoms with Gasteiger partial charge in [0.15, 0.2) is 11.5 Å². The Morgan fingerprint density at radius 1 is 0.926 bits per heavy atom. The third-order valence-electron chi connectivity index (χ3n) is 3.95. The van der Waals surface area contributed by atoms with E-state index in [-0.39, 0.29) is 5.97 Å². The quantitative estimate of drug-likeness (QED) is 0.590. The molecule has 0 aliphatic carbocycles. The van der Waals surface area contributed by atoms with Gasteiger partial charge < -0.3 is 23.7 Å². The molecule has 27 heavy (non-hydrogen) atoms. The Morgan fingerprint density at radius 3 is 2.22 bits per heavy atom. The van der Waals surface area contributed by atoms with E-state index in [1.807, 2.05) is 36.4 Å². The van der Waals surface area contributed by atoms with Crippen LogP contribution < -0.4 is 18.9 Å². The highest BCUT2D eigenvalue weighted by atomic mass is 16.5. The van der Waals surface area contributed by atoms with Crippen molar-refractivity contribution >= 4 is 5.97 Å². The molecule has 0 aliphatic heterocycles. The Labute approximate surface area is 160 Å². The molecule has 0 saturated carbocycles. The van der Waals surface area contributed by atoms with Gasteiger partial charge in [0.2, 0.25) is 5.75 Å². The maximum Gasteiger partial charge on any atom is 0.306 e. The fourth-order valence-corrected chi connectivity index (χ4v) is 2.66. The highest BCUT2D eigenvalue weighted by molar-refractivity contribution is 5.69. The first-order valence-electron chi connectivity index (χ1n) is 8.77. The molecule has 146 valence electrons. The number of esters is 1. The van der Waals surface area contributed by atoms with Gasteiger partial charge in [0.25, 0.3) is 0 Å². The zero-order valence-corrected chi connectivity index (χ0v) is 16.2. The van der Waals surface area contributed by atoms with Crippen LogP contribution in [-0.4, -0.2) is 33.9 Å². The number of benzene rings is 2. The summed E-state index contributed by atoms with van der Waals surface area (Å²) in [5.41, 5.74) is 1.91. The SMILES string of the molecule is CCOC(=O)CCc1cccc(OCc2cc(OC)c(OC)c(OC)c2)c1. The normalized spacial score (nSPS) is 10.2. The highest BCUT2D eigenvalue weighted by Crippen LogP contribution is 2.38. The Balaban J connectivity index is 2.04. The van der Waals surface area contributed by atoms with E-state index in [0.29, 0.717) is 43.3 Å². The van der Waals surface area contributed by atoms with Gasteiger partial charge in [-0.1, -0.05) is 12.1 Å². The standard InChI is InChI=1S/C21H26O6/c1-5-26-20(22)10-9-15-7-6-8-17(11-15)27-14-16-12-18(23-2)21(25-4)19(13-16)24-3/h6-8,11-13H,5,9-10,14H2,1-4H3. The molecule has 0 spiro atoms. The minimum absolute atomic E-state index is 0.193. The number of carbonyl (C=O) groups excluding carboxylic acids is 1. The van der Waals surface area contributed by atoms with Crippen molar-refractivity contribution in [2.24, 2.45) is 0 Å². The van der Waals surface area contributed by atoms with Gasteiger partial charge in [0.05, 0.1) is 27.9 Å². The number of rotatable bonds is 10. The van der Waals surface area contributed by atoms with Crippen LogP contribution in [0.25, 0.3) is 0 Å². The van der Waals surface area contributed by atoms with Crippen LogP contribution in [-0.2, 0) is 22.6 Å². The number of ether oxygens (including phenoxy) is 5. The van der Waals surface area contributed by atoms with Crippen LogP contribution in [0.3, 0.4) is 0 Å². The van der Waals surface area contributed by atoms with Crippen LogP contribution in [0.5, 0.6) is 23.0 Å². The lowest BCUT2D eigenvalue weighted by molar-refractivity contribution is -0.143. The van der Waals surface area contributed by atoms with Crippen molar-refractivity contribution in [1.29, 1.82) is 0 Å². The lowest BCUT2D eigenvalue weighted by Gasteiger charge is -2.14. The van der Waals surface area contributed by atoms with Crippen LogP contribution in [0.4, 0.5) is 0 Å². The highest BCUT2D eigenvalue weighted by Gasteiger charge is 2.13. The third-order valence-corrected chi connectivity index (χ3v) is 3.95. The fourth-order valence-electron chi connectivity index (χ4n) is 2.66. The van der Waals surface area contributed by atoms with E-state index in [1.54, 1.807) is 28.3 Å². The second kappa shape index (κ2) is 10.3. The van der Waals surface area contributed by atoms with Crippen LogP contribution >= 0.6 is 0 Å². The van der Waals surface area contributed by atoms with Crippen molar-refractivity contribution in [3.8, 4) is 23.0 Å². The van der Waals surface area contributed by atoms with Gasteiger partial charge in [0.1, 0.15) is 12.4 Å². The average Bonchev–Trinajstić information content (AvgIpc) is 2.70. The van der Waals surface area contributed by atoms with Crippen molar-refractivity contribution in [3.63, 3.8) is 0 Å². The topological polar surface area (TPSA) is 63.2 Å². The lowest BCUT2D eigenvalue weighted by Crippen LogP contribution is -2.05. The summed E-state index contributed by atoms with van der Waals surface area (Å²) in [5, 5.41) is 0. The molecule has 0 fully saturated rings. The van der Waals surface area contributed by atoms with Gasteiger partial charge in [-0.25, -0.2) is 0 Å². The molecule has 2 aromatic carbocycles. The molecule has 0 radical (unpaired) electrons. The molecule has 0 heterocycles. The Bertz CT molecular complexity index is 731. The molecule has 6 heteroatoms. The molecule has 2 rings (SSSR count). The summed E-state index contributed by atoms with van der Waals surface area (Å²) >= 11 is 0. The first-order chi connectivity index (χ1) is 13.1. The number of methoxy groups -OCH3 is 3. The fraction of sp³-hybridized carbons (Fsp3) is 0.381. The maximum absolute atomic E-state index is 11.5. The van der Waals surface area contributed by atoms with Gasteiger partial charge in [-0.2, -0.15) is 0 Å². The predicted octanol–water partition coefficient (Wildman–Crippen LogP) is 3.79. The number of hydrogen-bond acceptors (Lipinski definition) is 6. The van der Waals surface area contributed by atoms with E-state index in [1.165, 1.54) is 0 Å². The largest absolute Gasteiger partial charge is 0.493 e. The van der Waals surface area contributed by atoms with Gasteiger partial charge >= 0.3 is 5.97 Å². The summed E-state index contributed by atoms with van der Waals surface area (Å²) in [4.78, 5) is 11.5. The van der Waals surface area contributed by atoms with Crippen molar-refractivity contribution in [3.05, 3.63) is 47.5 Å². The Hall–Kier alpha value is -2.89. The predicted molar refractivity (Wildman–Crippen MR) is 102 cm³/mol. The Morgan fingerprint density at radius 2 is 1.63 bits per heavy atom. The summed E-state index contributed by atoms with van der Waals surface area (Å²) in [6, 6.07) is 11.4. The summed E-state index contributed by atoms with van der Waals surface area (Å²) < 4.78 is 26.9. The van der Waals surface area contributed by atoms with Crippen molar-refractivity contribution in [2.45, 2.75) is 26.4 Å². The van der Waals surface area contributed by atoms with E-state index in [9.17, 15) is 4.79 Å². The number of aryl methyl sites for hydroxylation is 1. The third kappa shape index (κ3) is 5.81. The minimum atomic E-state index is -0.193. The smallest absolute Gasteiger partial charge is 0.306 e. The monoisotopic (exact) mass is 374 g/mol. The zero-order chi connectivity index (χ0) is 19.6. The van der Waals surface area contributed by atoms with E-state index >= 15 is 0 Å². The zero-order valence-electron chi connectivity index (χ0n) is 16.2. The van der Waals surface area contributed by atoms with E-state index in [4.69, 9.17) is 23.7 Å². The Kier molecular flexibility index (Phi) is 7.79. The molecule has 0 amide bonds. The van der Waals surface area contributed by atoms with Crippen LogP contribution in [0.15, 0.2) is 36.4 Å². The molecule has 6 nitrogen and oxygen atoms in total. The number of carbonyl (C=O) groups is 1. The molecule has 2 aromatic rings. The summed E-state index contributed by atoms with van der Waals surface area (Å²) in [6.07, 6.45) is 0.963. The molecule has 0 bridgehead atoms. The van der Waals surface area contributed by atoms with Crippen LogP contribution in [0.1, 0.15) is 24.5 Å². The molecule has 0 aliphatic rings. The summed E-state index contributed by atoms with van der Waals surface area (Å²) in [7, 11) is 4.72. The van der Waals surface area contributed by atoms with Gasteiger partial charge in [-0.3, -0.25) is 4.79 Å². The van der Waals surface area contributed by atoms with Gasteiger partial charge in [-0.15, -0.1) is 0 Å². The minimum Gasteiger partial charge on any atom is -0.493 e. The number of hydrogen-bond donors (Lipinski definition) is 0. The summed E-state index contributed by atoms with van der Waals surface area (Å²) in [5.74, 6) is 2.24. The molecule has 0 N–H and O–H groups in total. The van der Waals surface area contributed by atoms with E-state index in [0.717, 1.165) is 16.9 Å². The van der Waals surface area contributed by atoms with Crippen LogP contribution in [0.2, 0.25) is 0 Å². The average molecular weight is 374 g/mol. The second-order valence-corrected chi connectivity index (χ2v) is 5.77. The maximum atomic E-state index is 11.5. The molecular formula is C21H26O6. The second-order valence-electron chi connectivity index (χ2n) is 5.77. The van der Waals surface area contributed by atoms with Crippen molar-refractivity contribution in [1.82, 2.24) is 0 Å². The van der Waals surface area contributed by atoms with E-state index < -0.39 is 0 Å². The molecule has 0 aromatic heterocycles. The first kappa shape index (κ1) is 20.4. The lowest BCUT2D eigenvalue weighted by atomic mass is 10.1. The molecule has 0 atom stereocenters. The molecule has 0 saturated heterocycles. The van der Waals surface area contributed by atoms with Crippen LogP contribution in [0, 0.1) is 0 Å². The summed E-state index contributed by atoms with van der Waals surface area (Å²) in [6.45, 7) is 2.55. The van der Waals surface area contributed by atoms with E-state index in [2.05, 4.69) is 0 Å². The van der Waals surface area contributed by atoms with Gasteiger partial charge in [0, 0.05) is 6.42 Å². The first-order valence-corrected chi connectivity index (χ1v) is 8.77.